The van der Waals surface area contributed by atoms with Crippen molar-refractivity contribution in [3.8, 4) is 11.5 Å². The van der Waals surface area contributed by atoms with Crippen LogP contribution in [0.3, 0.4) is 0 Å². The second-order valence-corrected chi connectivity index (χ2v) is 6.49. The number of benzene rings is 2. The van der Waals surface area contributed by atoms with Gasteiger partial charge in [-0.25, -0.2) is 0 Å². The Hall–Kier alpha value is -2.46. The monoisotopic (exact) mass is 339 g/mol. The predicted octanol–water partition coefficient (Wildman–Crippen LogP) is 3.84. The summed E-state index contributed by atoms with van der Waals surface area (Å²) in [6.45, 7) is 3.08. The maximum Gasteiger partial charge on any atom is 0.161 e. The van der Waals surface area contributed by atoms with Crippen LogP contribution in [0.5, 0.6) is 11.5 Å². The number of aromatic hydroxyl groups is 1. The molecule has 0 aliphatic carbocycles. The normalized spacial score (nSPS) is 17.4. The van der Waals surface area contributed by atoms with Crippen LogP contribution in [0.25, 0.3) is 12.2 Å². The standard InChI is InChI=1S/C21H25NO3/c1-15-12-17(13-20(25-2)21(15)24)6-5-16-7-9-18(10-8-16)22-11-3-4-19(22)14-23/h5-10,12-13,19,23-24H,3-4,11,14H2,1-2H3/b6-5+. The Morgan fingerprint density at radius 3 is 2.56 bits per heavy atom. The molecule has 1 aliphatic rings. The molecule has 0 aromatic heterocycles. The molecule has 1 aliphatic heterocycles. The van der Waals surface area contributed by atoms with Gasteiger partial charge in [0.25, 0.3) is 0 Å². The highest BCUT2D eigenvalue weighted by atomic mass is 16.5. The highest BCUT2D eigenvalue weighted by Gasteiger charge is 2.23. The van der Waals surface area contributed by atoms with Gasteiger partial charge in [-0.05, 0) is 60.7 Å². The number of phenols is 1. The number of anilines is 1. The van der Waals surface area contributed by atoms with Gasteiger partial charge in [-0.3, -0.25) is 0 Å². The average Bonchev–Trinajstić information content (AvgIpc) is 3.11. The van der Waals surface area contributed by atoms with E-state index < -0.39 is 0 Å². The number of aryl methyl sites for hydroxylation is 1. The van der Waals surface area contributed by atoms with E-state index >= 15 is 0 Å². The first kappa shape index (κ1) is 17.4. The lowest BCUT2D eigenvalue weighted by Gasteiger charge is -2.25. The van der Waals surface area contributed by atoms with E-state index in [0.717, 1.165) is 41.8 Å². The Bertz CT molecular complexity index is 752. The van der Waals surface area contributed by atoms with Crippen LogP contribution >= 0.6 is 0 Å². The number of methoxy groups -OCH3 is 1. The zero-order chi connectivity index (χ0) is 17.8. The maximum atomic E-state index is 9.91. The van der Waals surface area contributed by atoms with Crippen molar-refractivity contribution in [2.45, 2.75) is 25.8 Å². The Kier molecular flexibility index (Phi) is 5.29. The van der Waals surface area contributed by atoms with Gasteiger partial charge in [-0.15, -0.1) is 0 Å². The van der Waals surface area contributed by atoms with E-state index in [9.17, 15) is 10.2 Å². The van der Waals surface area contributed by atoms with E-state index in [0.29, 0.717) is 5.75 Å². The fourth-order valence-corrected chi connectivity index (χ4v) is 3.36. The van der Waals surface area contributed by atoms with Gasteiger partial charge < -0.3 is 19.8 Å². The van der Waals surface area contributed by atoms with Crippen LogP contribution in [0.1, 0.15) is 29.5 Å². The molecule has 2 aromatic carbocycles. The van der Waals surface area contributed by atoms with Crippen LogP contribution in [0, 0.1) is 6.92 Å². The molecule has 1 fully saturated rings. The number of rotatable bonds is 5. The lowest BCUT2D eigenvalue weighted by atomic mass is 10.1. The van der Waals surface area contributed by atoms with E-state index in [2.05, 4.69) is 29.2 Å². The summed E-state index contributed by atoms with van der Waals surface area (Å²) in [6.07, 6.45) is 6.24. The average molecular weight is 339 g/mol. The van der Waals surface area contributed by atoms with Gasteiger partial charge in [-0.1, -0.05) is 24.3 Å². The Labute approximate surface area is 149 Å². The van der Waals surface area contributed by atoms with Gasteiger partial charge in [0, 0.05) is 12.2 Å². The first-order valence-electron chi connectivity index (χ1n) is 8.65. The fourth-order valence-electron chi connectivity index (χ4n) is 3.36. The van der Waals surface area contributed by atoms with Crippen molar-refractivity contribution >= 4 is 17.8 Å². The summed E-state index contributed by atoms with van der Waals surface area (Å²) in [5.74, 6) is 0.673. The van der Waals surface area contributed by atoms with Crippen molar-refractivity contribution < 1.29 is 14.9 Å². The minimum absolute atomic E-state index is 0.188. The number of hydrogen-bond donors (Lipinski definition) is 2. The molecule has 1 saturated heterocycles. The fraction of sp³-hybridized carbons (Fsp3) is 0.333. The summed E-state index contributed by atoms with van der Waals surface area (Å²) < 4.78 is 5.20. The van der Waals surface area contributed by atoms with Crippen molar-refractivity contribution in [2.75, 3.05) is 25.2 Å². The van der Waals surface area contributed by atoms with Crippen molar-refractivity contribution in [2.24, 2.45) is 0 Å². The van der Waals surface area contributed by atoms with Gasteiger partial charge in [0.05, 0.1) is 19.8 Å². The summed E-state index contributed by atoms with van der Waals surface area (Å²) in [6, 6.07) is 12.4. The molecule has 4 heteroatoms. The molecule has 3 rings (SSSR count). The highest BCUT2D eigenvalue weighted by molar-refractivity contribution is 5.72. The zero-order valence-corrected chi connectivity index (χ0v) is 14.8. The van der Waals surface area contributed by atoms with Gasteiger partial charge in [0.2, 0.25) is 0 Å². The molecular weight excluding hydrogens is 314 g/mol. The van der Waals surface area contributed by atoms with Crippen LogP contribution in [0.2, 0.25) is 0 Å². The molecule has 2 N–H and O–H groups in total. The summed E-state index contributed by atoms with van der Waals surface area (Å²) in [5.41, 5.74) is 4.04. The van der Waals surface area contributed by atoms with Crippen molar-refractivity contribution in [3.05, 3.63) is 53.1 Å². The van der Waals surface area contributed by atoms with Gasteiger partial charge in [-0.2, -0.15) is 0 Å². The Morgan fingerprint density at radius 1 is 1.16 bits per heavy atom. The van der Waals surface area contributed by atoms with E-state index in [1.165, 1.54) is 0 Å². The Balaban J connectivity index is 1.75. The quantitative estimate of drug-likeness (QED) is 0.813. The third-order valence-electron chi connectivity index (χ3n) is 4.79. The van der Waals surface area contributed by atoms with Crippen molar-refractivity contribution in [3.63, 3.8) is 0 Å². The van der Waals surface area contributed by atoms with E-state index in [1.54, 1.807) is 7.11 Å². The number of aliphatic hydroxyl groups is 1. The Morgan fingerprint density at radius 2 is 1.88 bits per heavy atom. The molecule has 0 bridgehead atoms. The smallest absolute Gasteiger partial charge is 0.161 e. The number of hydrogen-bond acceptors (Lipinski definition) is 4. The minimum Gasteiger partial charge on any atom is -0.504 e. The van der Waals surface area contributed by atoms with Crippen LogP contribution in [0.4, 0.5) is 5.69 Å². The molecule has 0 spiro atoms. The van der Waals surface area contributed by atoms with Crippen LogP contribution in [-0.2, 0) is 0 Å². The molecule has 0 amide bonds. The van der Waals surface area contributed by atoms with E-state index in [1.807, 2.05) is 31.2 Å². The van der Waals surface area contributed by atoms with Crippen molar-refractivity contribution in [1.29, 1.82) is 0 Å². The second-order valence-electron chi connectivity index (χ2n) is 6.49. The summed E-state index contributed by atoms with van der Waals surface area (Å²) in [4.78, 5) is 2.28. The first-order valence-corrected chi connectivity index (χ1v) is 8.65. The molecule has 0 radical (unpaired) electrons. The summed E-state index contributed by atoms with van der Waals surface area (Å²) in [5, 5.41) is 19.4. The summed E-state index contributed by atoms with van der Waals surface area (Å²) in [7, 11) is 1.55. The number of ether oxygens (including phenoxy) is 1. The molecule has 25 heavy (non-hydrogen) atoms. The molecular formula is C21H25NO3. The third-order valence-corrected chi connectivity index (χ3v) is 4.79. The maximum absolute atomic E-state index is 9.91. The van der Waals surface area contributed by atoms with Gasteiger partial charge in [0.15, 0.2) is 11.5 Å². The van der Waals surface area contributed by atoms with Crippen LogP contribution in [0.15, 0.2) is 36.4 Å². The second kappa shape index (κ2) is 7.62. The topological polar surface area (TPSA) is 52.9 Å². The molecule has 132 valence electrons. The largest absolute Gasteiger partial charge is 0.504 e. The lowest BCUT2D eigenvalue weighted by molar-refractivity contribution is 0.266. The van der Waals surface area contributed by atoms with E-state index in [4.69, 9.17) is 4.74 Å². The third kappa shape index (κ3) is 3.80. The predicted molar refractivity (Wildman–Crippen MR) is 102 cm³/mol. The van der Waals surface area contributed by atoms with Crippen molar-refractivity contribution in [1.82, 2.24) is 0 Å². The minimum atomic E-state index is 0.188. The highest BCUT2D eigenvalue weighted by Crippen LogP contribution is 2.31. The molecule has 1 atom stereocenters. The van der Waals surface area contributed by atoms with Gasteiger partial charge >= 0.3 is 0 Å². The van der Waals surface area contributed by atoms with Gasteiger partial charge in [0.1, 0.15) is 0 Å². The van der Waals surface area contributed by atoms with Crippen LogP contribution < -0.4 is 9.64 Å². The molecule has 1 heterocycles. The first-order chi connectivity index (χ1) is 12.1. The number of phenolic OH excluding ortho intramolecular Hbond substituents is 1. The summed E-state index contributed by atoms with van der Waals surface area (Å²) >= 11 is 0. The zero-order valence-electron chi connectivity index (χ0n) is 14.8. The van der Waals surface area contributed by atoms with Crippen LogP contribution in [-0.4, -0.2) is 36.5 Å². The lowest BCUT2D eigenvalue weighted by Crippen LogP contribution is -2.31. The number of nitrogens with zero attached hydrogens (tertiary/aromatic N) is 1. The number of aliphatic hydroxyl groups excluding tert-OH is 1. The molecule has 0 saturated carbocycles. The SMILES string of the molecule is COc1cc(/C=C/c2ccc(N3CCCC3CO)cc2)cc(C)c1O. The molecule has 1 unspecified atom stereocenters. The molecule has 2 aromatic rings. The van der Waals surface area contributed by atoms with E-state index in [-0.39, 0.29) is 18.4 Å². The molecule has 4 nitrogen and oxygen atoms in total.